The Morgan fingerprint density at radius 1 is 0.644 bits per heavy atom. The van der Waals surface area contributed by atoms with Gasteiger partial charge in [0, 0.05) is 106 Å². The first kappa shape index (κ1) is 35.8. The van der Waals surface area contributed by atoms with Crippen molar-refractivity contribution in [2.75, 3.05) is 126 Å². The summed E-state index contributed by atoms with van der Waals surface area (Å²) < 4.78 is 0. The number of aryl methyl sites for hydroxylation is 1. The van der Waals surface area contributed by atoms with Crippen LogP contribution in [0.1, 0.15) is 5.69 Å². The van der Waals surface area contributed by atoms with E-state index in [2.05, 4.69) is 29.9 Å². The molecular formula is C32H51N9O4. The second-order valence-electron chi connectivity index (χ2n) is 12.3. The number of carbonyl (C=O) groups excluding carboxylic acids is 4. The van der Waals surface area contributed by atoms with Gasteiger partial charge in [-0.25, -0.2) is 0 Å². The molecule has 248 valence electrons. The second kappa shape index (κ2) is 17.2. The van der Waals surface area contributed by atoms with E-state index in [4.69, 9.17) is 0 Å². The molecule has 2 heterocycles. The summed E-state index contributed by atoms with van der Waals surface area (Å²) in [5.41, 5.74) is 2.36. The number of rotatable bonds is 9. The van der Waals surface area contributed by atoms with E-state index < -0.39 is 0 Å². The Bertz CT molecular complexity index is 1280. The predicted molar refractivity (Wildman–Crippen MR) is 177 cm³/mol. The van der Waals surface area contributed by atoms with Crippen molar-refractivity contribution < 1.29 is 19.2 Å². The fourth-order valence-corrected chi connectivity index (χ4v) is 5.01. The van der Waals surface area contributed by atoms with Gasteiger partial charge in [-0.3, -0.25) is 43.8 Å². The van der Waals surface area contributed by atoms with Crippen molar-refractivity contribution in [3.8, 4) is 0 Å². The van der Waals surface area contributed by atoms with Crippen LogP contribution in [0.4, 0.5) is 5.69 Å². The maximum atomic E-state index is 13.4. The van der Waals surface area contributed by atoms with Crippen molar-refractivity contribution in [3.05, 3.63) is 36.0 Å². The number of hydrogen-bond acceptors (Lipinski definition) is 9. The molecule has 4 amide bonds. The van der Waals surface area contributed by atoms with Crippen LogP contribution in [0.5, 0.6) is 0 Å². The van der Waals surface area contributed by atoms with Gasteiger partial charge in [-0.2, -0.15) is 0 Å². The number of anilines is 1. The molecule has 1 aliphatic rings. The summed E-state index contributed by atoms with van der Waals surface area (Å²) in [4.78, 5) is 69.2. The predicted octanol–water partition coefficient (Wildman–Crippen LogP) is -0.0321. The van der Waals surface area contributed by atoms with Crippen molar-refractivity contribution in [1.82, 2.24) is 39.3 Å². The number of hydrogen-bond donors (Lipinski definition) is 1. The van der Waals surface area contributed by atoms with Crippen LogP contribution in [0.15, 0.2) is 30.3 Å². The molecule has 3 rings (SSSR count). The average molecular weight is 626 g/mol. The monoisotopic (exact) mass is 625 g/mol. The third kappa shape index (κ3) is 11.7. The Balaban J connectivity index is 1.81. The highest BCUT2D eigenvalue weighted by Gasteiger charge is 2.23. The van der Waals surface area contributed by atoms with Gasteiger partial charge in [0.15, 0.2) is 0 Å². The van der Waals surface area contributed by atoms with Crippen LogP contribution in [0.3, 0.4) is 0 Å². The zero-order valence-corrected chi connectivity index (χ0v) is 28.1. The number of para-hydroxylation sites is 1. The molecule has 1 aromatic carbocycles. The van der Waals surface area contributed by atoms with Crippen LogP contribution in [0.25, 0.3) is 10.9 Å². The second-order valence-corrected chi connectivity index (χ2v) is 12.3. The first-order valence-electron chi connectivity index (χ1n) is 15.5. The summed E-state index contributed by atoms with van der Waals surface area (Å²) >= 11 is 0. The van der Waals surface area contributed by atoms with E-state index in [1.807, 2.05) is 37.3 Å². The SMILES string of the molecule is Cc1cc(NC(=O)CN2CCN(CC(=O)N(C)C)CCN(CC(=O)N(C)C)CCN(CC(=O)N(C)C)CC2)c2ccccc2n1. The van der Waals surface area contributed by atoms with Gasteiger partial charge < -0.3 is 20.0 Å². The minimum absolute atomic E-state index is 0.00304. The van der Waals surface area contributed by atoms with Gasteiger partial charge in [0.25, 0.3) is 0 Å². The van der Waals surface area contributed by atoms with E-state index >= 15 is 0 Å². The zero-order valence-electron chi connectivity index (χ0n) is 28.1. The van der Waals surface area contributed by atoms with Gasteiger partial charge in [0.05, 0.1) is 37.4 Å². The molecule has 0 radical (unpaired) electrons. The lowest BCUT2D eigenvalue weighted by molar-refractivity contribution is -0.132. The van der Waals surface area contributed by atoms with E-state index in [0.717, 1.165) is 22.3 Å². The van der Waals surface area contributed by atoms with E-state index in [9.17, 15) is 19.2 Å². The third-order valence-electron chi connectivity index (χ3n) is 7.99. The molecule has 0 spiro atoms. The van der Waals surface area contributed by atoms with Crippen molar-refractivity contribution >= 4 is 40.2 Å². The highest BCUT2D eigenvalue weighted by atomic mass is 16.2. The van der Waals surface area contributed by atoms with Gasteiger partial charge in [0.2, 0.25) is 23.6 Å². The molecule has 1 saturated heterocycles. The molecule has 0 atom stereocenters. The Hall–Kier alpha value is -3.65. The van der Waals surface area contributed by atoms with Crippen LogP contribution < -0.4 is 5.32 Å². The molecule has 1 aromatic heterocycles. The van der Waals surface area contributed by atoms with Crippen molar-refractivity contribution in [2.45, 2.75) is 6.92 Å². The molecule has 0 bridgehead atoms. The normalized spacial score (nSPS) is 16.4. The number of nitrogens with one attached hydrogen (secondary N) is 1. The van der Waals surface area contributed by atoms with E-state index in [0.29, 0.717) is 52.4 Å². The topological polar surface area (TPSA) is 116 Å². The minimum atomic E-state index is -0.141. The molecule has 0 saturated carbocycles. The maximum Gasteiger partial charge on any atom is 0.238 e. The molecule has 45 heavy (non-hydrogen) atoms. The lowest BCUT2D eigenvalue weighted by atomic mass is 10.1. The standard InChI is InChI=1S/C32H51N9O4/c1-25-20-28(26-10-8-9-11-27(26)33-25)34-29(42)21-38-12-14-39(22-30(43)35(2)3)16-18-41(24-32(45)37(6)7)19-17-40(15-13-38)23-31(44)36(4)5/h8-11,20H,12-19,21-24H2,1-7H3,(H,33,34,42). The van der Waals surface area contributed by atoms with Crippen molar-refractivity contribution in [2.24, 2.45) is 0 Å². The number of pyridine rings is 1. The van der Waals surface area contributed by atoms with E-state index in [1.165, 1.54) is 0 Å². The minimum Gasteiger partial charge on any atom is -0.348 e. The summed E-state index contributed by atoms with van der Waals surface area (Å²) in [5, 5.41) is 3.98. The Labute approximate surface area is 267 Å². The zero-order chi connectivity index (χ0) is 33.1. The van der Waals surface area contributed by atoms with Crippen LogP contribution >= 0.6 is 0 Å². The molecule has 13 heteroatoms. The van der Waals surface area contributed by atoms with Crippen molar-refractivity contribution in [1.29, 1.82) is 0 Å². The number of nitrogens with zero attached hydrogens (tertiary/aromatic N) is 8. The lowest BCUT2D eigenvalue weighted by Gasteiger charge is -2.34. The Morgan fingerprint density at radius 2 is 1.02 bits per heavy atom. The van der Waals surface area contributed by atoms with Crippen LogP contribution in [-0.4, -0.2) is 184 Å². The van der Waals surface area contributed by atoms with Gasteiger partial charge >= 0.3 is 0 Å². The molecule has 2 aromatic rings. The number of likely N-dealkylation sites (N-methyl/N-ethyl adjacent to an activating group) is 3. The number of benzene rings is 1. The summed E-state index contributed by atoms with van der Waals surface area (Å²) in [5.74, 6) is -0.146. The smallest absolute Gasteiger partial charge is 0.238 e. The van der Waals surface area contributed by atoms with Gasteiger partial charge in [0.1, 0.15) is 0 Å². The summed E-state index contributed by atoms with van der Waals surface area (Å²) in [6.45, 7) is 7.39. The van der Waals surface area contributed by atoms with Gasteiger partial charge in [-0.15, -0.1) is 0 Å². The molecular weight excluding hydrogens is 574 g/mol. The molecule has 1 aliphatic heterocycles. The quantitative estimate of drug-likeness (QED) is 0.410. The van der Waals surface area contributed by atoms with E-state index in [-0.39, 0.29) is 49.8 Å². The van der Waals surface area contributed by atoms with Crippen LogP contribution in [-0.2, 0) is 19.2 Å². The first-order valence-corrected chi connectivity index (χ1v) is 15.5. The summed E-state index contributed by atoms with van der Waals surface area (Å²) in [6.07, 6.45) is 0. The highest BCUT2D eigenvalue weighted by Crippen LogP contribution is 2.22. The molecule has 0 aliphatic carbocycles. The fourth-order valence-electron chi connectivity index (χ4n) is 5.01. The van der Waals surface area contributed by atoms with E-state index in [1.54, 1.807) is 57.0 Å². The number of aromatic nitrogens is 1. The molecule has 0 unspecified atom stereocenters. The highest BCUT2D eigenvalue weighted by molar-refractivity contribution is 6.01. The lowest BCUT2D eigenvalue weighted by Crippen LogP contribution is -2.51. The summed E-state index contributed by atoms with van der Waals surface area (Å²) in [7, 11) is 10.5. The number of amides is 4. The molecule has 1 fully saturated rings. The van der Waals surface area contributed by atoms with Crippen molar-refractivity contribution in [3.63, 3.8) is 0 Å². The van der Waals surface area contributed by atoms with Crippen LogP contribution in [0, 0.1) is 6.92 Å². The number of fused-ring (bicyclic) bond motifs is 1. The summed E-state index contributed by atoms with van der Waals surface area (Å²) in [6, 6.07) is 9.61. The maximum absolute atomic E-state index is 13.4. The fraction of sp³-hybridized carbons (Fsp3) is 0.594. The van der Waals surface area contributed by atoms with Gasteiger partial charge in [-0.1, -0.05) is 18.2 Å². The first-order chi connectivity index (χ1) is 21.3. The Kier molecular flexibility index (Phi) is 13.7. The molecule has 13 nitrogen and oxygen atoms in total. The van der Waals surface area contributed by atoms with Gasteiger partial charge in [-0.05, 0) is 19.1 Å². The average Bonchev–Trinajstić information content (AvgIpc) is 2.97. The third-order valence-corrected chi connectivity index (χ3v) is 7.99. The molecule has 1 N–H and O–H groups in total. The Morgan fingerprint density at radius 3 is 1.42 bits per heavy atom. The largest absolute Gasteiger partial charge is 0.348 e. The van der Waals surface area contributed by atoms with Crippen LogP contribution in [0.2, 0.25) is 0 Å². The number of carbonyl (C=O) groups is 4.